The molecular weight excluding hydrogens is 425 g/mol. The van der Waals surface area contributed by atoms with Crippen LogP contribution in [0.3, 0.4) is 0 Å². The molecule has 0 saturated heterocycles. The molecule has 2 aliphatic rings. The summed E-state index contributed by atoms with van der Waals surface area (Å²) in [5.41, 5.74) is -0.136. The van der Waals surface area contributed by atoms with Gasteiger partial charge in [-0.1, -0.05) is 12.8 Å². The van der Waals surface area contributed by atoms with Crippen molar-refractivity contribution in [3.8, 4) is 5.75 Å². The molecule has 1 aromatic heterocycles. The van der Waals surface area contributed by atoms with E-state index >= 15 is 0 Å². The molecule has 8 nitrogen and oxygen atoms in total. The molecule has 0 spiro atoms. The Labute approximate surface area is 184 Å². The predicted octanol–water partition coefficient (Wildman–Crippen LogP) is 4.80. The highest BCUT2D eigenvalue weighted by atomic mass is 19.4. The van der Waals surface area contributed by atoms with Gasteiger partial charge in [-0.25, -0.2) is 14.8 Å². The number of nitrogens with one attached hydrogen (secondary N) is 1. The van der Waals surface area contributed by atoms with E-state index in [1.165, 1.54) is 24.3 Å². The summed E-state index contributed by atoms with van der Waals surface area (Å²) in [4.78, 5) is 23.2. The van der Waals surface area contributed by atoms with Gasteiger partial charge in [0.15, 0.2) is 5.82 Å². The molecule has 1 fully saturated rings. The van der Waals surface area contributed by atoms with Crippen LogP contribution in [-0.2, 0) is 6.18 Å². The Hall–Kier alpha value is -3.24. The predicted molar refractivity (Wildman–Crippen MR) is 114 cm³/mol. The number of anilines is 4. The minimum absolute atomic E-state index is 0.0651. The van der Waals surface area contributed by atoms with Crippen molar-refractivity contribution in [1.82, 2.24) is 15.0 Å². The zero-order chi connectivity index (χ0) is 23.0. The number of methoxy groups -OCH3 is 1. The third-order valence-corrected chi connectivity index (χ3v) is 5.79. The average Bonchev–Trinajstić information content (AvgIpc) is 3.29. The lowest BCUT2D eigenvalue weighted by atomic mass is 10.2. The van der Waals surface area contributed by atoms with Gasteiger partial charge in [-0.05, 0) is 31.9 Å². The van der Waals surface area contributed by atoms with E-state index in [1.807, 2.05) is 11.9 Å². The van der Waals surface area contributed by atoms with Crippen molar-refractivity contribution in [1.29, 1.82) is 0 Å². The van der Waals surface area contributed by atoms with Gasteiger partial charge in [0.1, 0.15) is 11.4 Å². The van der Waals surface area contributed by atoms with Crippen molar-refractivity contribution >= 4 is 29.2 Å². The maximum atomic E-state index is 13.3. The number of benzene rings is 1. The van der Waals surface area contributed by atoms with Crippen LogP contribution >= 0.6 is 0 Å². The number of hydrazine groups is 1. The number of alkyl halides is 3. The van der Waals surface area contributed by atoms with Gasteiger partial charge in [-0.15, -0.1) is 0 Å². The van der Waals surface area contributed by atoms with Crippen LogP contribution in [0.1, 0.15) is 38.2 Å². The standard InChI is InChI=1S/C21H25F3N6O2/c1-4-29-20(31)28(2)17-12-25-19(27-18(17)30(29)15-7-5-6-8-15)26-14-9-13(21(22,23)24)10-16(11-14)32-3/h9-12,15H,4-8H2,1-3H3,(H,25,26,27). The summed E-state index contributed by atoms with van der Waals surface area (Å²) in [5, 5.41) is 6.44. The molecule has 2 amide bonds. The number of carbonyl (C=O) groups is 1. The number of nitrogens with zero attached hydrogens (tertiary/aromatic N) is 5. The fourth-order valence-corrected chi connectivity index (χ4v) is 4.20. The van der Waals surface area contributed by atoms with Crippen LogP contribution in [0.5, 0.6) is 5.75 Å². The van der Waals surface area contributed by atoms with Crippen LogP contribution in [-0.4, -0.2) is 47.8 Å². The number of aromatic nitrogens is 2. The first-order valence-corrected chi connectivity index (χ1v) is 10.5. The van der Waals surface area contributed by atoms with Crippen molar-refractivity contribution < 1.29 is 22.7 Å². The summed E-state index contributed by atoms with van der Waals surface area (Å²) in [7, 11) is 2.96. The van der Waals surface area contributed by atoms with Gasteiger partial charge >= 0.3 is 12.2 Å². The lowest BCUT2D eigenvalue weighted by molar-refractivity contribution is -0.137. The van der Waals surface area contributed by atoms with E-state index in [-0.39, 0.29) is 29.5 Å². The van der Waals surface area contributed by atoms with Gasteiger partial charge in [0, 0.05) is 25.3 Å². The Balaban J connectivity index is 1.73. The van der Waals surface area contributed by atoms with Gasteiger partial charge in [-0.3, -0.25) is 9.91 Å². The first-order valence-electron chi connectivity index (χ1n) is 10.5. The maximum Gasteiger partial charge on any atom is 0.416 e. The summed E-state index contributed by atoms with van der Waals surface area (Å²) >= 11 is 0. The third kappa shape index (κ3) is 3.98. The lowest BCUT2D eigenvalue weighted by Crippen LogP contribution is -2.59. The Morgan fingerprint density at radius 1 is 1.22 bits per heavy atom. The second-order valence-electron chi connectivity index (χ2n) is 7.82. The summed E-state index contributed by atoms with van der Waals surface area (Å²) in [6, 6.07) is 3.32. The molecule has 2 heterocycles. The molecule has 11 heteroatoms. The molecule has 172 valence electrons. The maximum absolute atomic E-state index is 13.3. The molecule has 1 aliphatic carbocycles. The van der Waals surface area contributed by atoms with Crippen LogP contribution in [0, 0.1) is 0 Å². The number of carbonyl (C=O) groups excluding carboxylic acids is 1. The first kappa shape index (κ1) is 22.0. The van der Waals surface area contributed by atoms with E-state index in [9.17, 15) is 18.0 Å². The van der Waals surface area contributed by atoms with Crippen molar-refractivity contribution in [3.05, 3.63) is 30.0 Å². The van der Waals surface area contributed by atoms with Crippen molar-refractivity contribution in [2.75, 3.05) is 35.9 Å². The molecular formula is C21H25F3N6O2. The summed E-state index contributed by atoms with van der Waals surface area (Å²) < 4.78 is 44.8. The second kappa shape index (κ2) is 8.36. The highest BCUT2D eigenvalue weighted by Crippen LogP contribution is 2.39. The molecule has 1 aliphatic heterocycles. The third-order valence-electron chi connectivity index (χ3n) is 5.79. The van der Waals surface area contributed by atoms with Gasteiger partial charge in [0.05, 0.1) is 24.9 Å². The van der Waals surface area contributed by atoms with Gasteiger partial charge in [0.2, 0.25) is 5.95 Å². The summed E-state index contributed by atoms with van der Waals surface area (Å²) in [6.45, 7) is 2.37. The molecule has 32 heavy (non-hydrogen) atoms. The molecule has 0 bridgehead atoms. The van der Waals surface area contributed by atoms with Crippen LogP contribution in [0.4, 0.5) is 41.1 Å². The number of halogens is 3. The minimum atomic E-state index is -4.52. The topological polar surface area (TPSA) is 73.8 Å². The normalized spacial score (nSPS) is 17.1. The smallest absolute Gasteiger partial charge is 0.416 e. The summed E-state index contributed by atoms with van der Waals surface area (Å²) in [5.74, 6) is 0.750. The summed E-state index contributed by atoms with van der Waals surface area (Å²) in [6.07, 6.45) is 1.000. The van der Waals surface area contributed by atoms with Crippen LogP contribution in [0.15, 0.2) is 24.4 Å². The van der Waals surface area contributed by atoms with Gasteiger partial charge < -0.3 is 10.1 Å². The Kier molecular flexibility index (Phi) is 5.74. The average molecular weight is 450 g/mol. The quantitative estimate of drug-likeness (QED) is 0.705. The number of rotatable bonds is 5. The SMILES string of the molecule is CCN1C(=O)N(C)c2cnc(Nc3cc(OC)cc(C(F)(F)F)c3)nc2N1C1CCCC1. The number of hydrogen-bond donors (Lipinski definition) is 1. The zero-order valence-corrected chi connectivity index (χ0v) is 18.1. The molecule has 1 saturated carbocycles. The Morgan fingerprint density at radius 3 is 2.56 bits per heavy atom. The fraction of sp³-hybridized carbons (Fsp3) is 0.476. The number of hydrogen-bond acceptors (Lipinski definition) is 6. The Morgan fingerprint density at radius 2 is 1.94 bits per heavy atom. The molecule has 0 unspecified atom stereocenters. The molecule has 1 aromatic carbocycles. The number of ether oxygens (including phenoxy) is 1. The minimum Gasteiger partial charge on any atom is -0.497 e. The lowest BCUT2D eigenvalue weighted by Gasteiger charge is -2.45. The van der Waals surface area contributed by atoms with Crippen molar-refractivity contribution in [3.63, 3.8) is 0 Å². The van der Waals surface area contributed by atoms with E-state index in [0.717, 1.165) is 37.8 Å². The monoisotopic (exact) mass is 450 g/mol. The van der Waals surface area contributed by atoms with E-state index < -0.39 is 11.7 Å². The fourth-order valence-electron chi connectivity index (χ4n) is 4.20. The second-order valence-corrected chi connectivity index (χ2v) is 7.82. The Bertz CT molecular complexity index is 1010. The van der Waals surface area contributed by atoms with E-state index in [0.29, 0.717) is 18.1 Å². The van der Waals surface area contributed by atoms with E-state index in [4.69, 9.17) is 4.74 Å². The van der Waals surface area contributed by atoms with Crippen molar-refractivity contribution in [2.24, 2.45) is 0 Å². The van der Waals surface area contributed by atoms with Crippen LogP contribution < -0.4 is 20.0 Å². The van der Waals surface area contributed by atoms with Gasteiger partial charge in [-0.2, -0.15) is 18.2 Å². The molecule has 4 rings (SSSR count). The largest absolute Gasteiger partial charge is 0.497 e. The van der Waals surface area contributed by atoms with E-state index in [1.54, 1.807) is 12.1 Å². The van der Waals surface area contributed by atoms with Gasteiger partial charge in [0.25, 0.3) is 0 Å². The zero-order valence-electron chi connectivity index (χ0n) is 18.1. The number of amides is 2. The van der Waals surface area contributed by atoms with Crippen molar-refractivity contribution in [2.45, 2.75) is 44.8 Å². The van der Waals surface area contributed by atoms with Crippen LogP contribution in [0.25, 0.3) is 0 Å². The van der Waals surface area contributed by atoms with E-state index in [2.05, 4.69) is 15.3 Å². The molecule has 0 radical (unpaired) electrons. The number of urea groups is 1. The number of fused-ring (bicyclic) bond motifs is 1. The first-order chi connectivity index (χ1) is 15.2. The highest BCUT2D eigenvalue weighted by molar-refractivity contribution is 5.98. The molecule has 2 aromatic rings. The molecule has 1 N–H and O–H groups in total. The highest BCUT2D eigenvalue weighted by Gasteiger charge is 2.39. The van der Waals surface area contributed by atoms with Crippen LogP contribution in [0.2, 0.25) is 0 Å². The molecule has 0 atom stereocenters.